The summed E-state index contributed by atoms with van der Waals surface area (Å²) in [5.74, 6) is 2.77. The van der Waals surface area contributed by atoms with Crippen LogP contribution in [0.25, 0.3) is 0 Å². The van der Waals surface area contributed by atoms with Crippen LogP contribution in [-0.2, 0) is 20.7 Å². The zero-order valence-electron chi connectivity index (χ0n) is 27.8. The first kappa shape index (κ1) is 33.4. The average molecular weight is 671 g/mol. The minimum Gasteiger partial charge on any atom is -0.508 e. The lowest BCUT2D eigenvalue weighted by atomic mass is 9.78. The molecule has 0 bridgehead atoms. The molecule has 0 atom stereocenters. The molecule has 0 heterocycles. The summed E-state index contributed by atoms with van der Waals surface area (Å²) in [6.07, 6.45) is 0. The summed E-state index contributed by atoms with van der Waals surface area (Å²) in [6, 6.07) is 42.7. The molecule has 2 N–H and O–H groups in total. The van der Waals surface area contributed by atoms with Gasteiger partial charge in [-0.05, 0) is 119 Å². The summed E-state index contributed by atoms with van der Waals surface area (Å²) < 4.78 is 38.8. The van der Waals surface area contributed by atoms with E-state index in [9.17, 15) is 18.6 Å². The monoisotopic (exact) mass is 670 g/mol. The van der Waals surface area contributed by atoms with E-state index >= 15 is 0 Å². The van der Waals surface area contributed by atoms with Crippen molar-refractivity contribution in [1.29, 1.82) is 0 Å². The SMILES string of the molecule is CC(C)(c1ccc(O)cc1)c1ccc(Oc2ccc(S(=O)(=O)c3ccc(Oc4ccc(C(C)(C)c5ccc(O)cc5)cc4)cc3)cc2)cc1. The zero-order valence-corrected chi connectivity index (χ0v) is 28.6. The molecule has 6 nitrogen and oxygen atoms in total. The van der Waals surface area contributed by atoms with Crippen molar-refractivity contribution in [3.63, 3.8) is 0 Å². The minimum atomic E-state index is -3.76. The molecule has 6 aromatic rings. The summed E-state index contributed by atoms with van der Waals surface area (Å²) in [5, 5.41) is 19.3. The fourth-order valence-corrected chi connectivity index (χ4v) is 7.01. The number of benzene rings is 6. The van der Waals surface area contributed by atoms with E-state index in [-0.39, 0.29) is 32.1 Å². The zero-order chi connectivity index (χ0) is 34.8. The van der Waals surface area contributed by atoms with Crippen molar-refractivity contribution in [2.45, 2.75) is 48.3 Å². The lowest BCUT2D eigenvalue weighted by Crippen LogP contribution is -2.18. The Morgan fingerprint density at radius 2 is 0.612 bits per heavy atom. The van der Waals surface area contributed by atoms with Crippen LogP contribution in [0.5, 0.6) is 34.5 Å². The summed E-state index contributed by atoms with van der Waals surface area (Å²) >= 11 is 0. The molecule has 0 aliphatic carbocycles. The van der Waals surface area contributed by atoms with Crippen LogP contribution >= 0.6 is 0 Å². The second-order valence-corrected chi connectivity index (χ2v) is 15.0. The summed E-state index contributed by atoms with van der Waals surface area (Å²) in [4.78, 5) is 0.317. The smallest absolute Gasteiger partial charge is 0.206 e. The van der Waals surface area contributed by atoms with Crippen molar-refractivity contribution in [2.75, 3.05) is 0 Å². The first-order valence-electron chi connectivity index (χ1n) is 15.9. The molecule has 0 aliphatic heterocycles. The van der Waals surface area contributed by atoms with Crippen LogP contribution in [0.15, 0.2) is 155 Å². The molecule has 248 valence electrons. The highest BCUT2D eigenvalue weighted by molar-refractivity contribution is 7.91. The standard InChI is InChI=1S/C42H38O6S/c1-41(2,29-5-13-33(43)14-6-29)31-9-17-35(18-10-31)47-37-21-25-39(26-22-37)49(45,46)40-27-23-38(24-28-40)48-36-19-11-32(12-20-36)42(3,4)30-7-15-34(44)16-8-30/h5-28,43-44H,1-4H3. The molecule has 7 heteroatoms. The number of hydrogen-bond acceptors (Lipinski definition) is 6. The summed E-state index contributed by atoms with van der Waals surface area (Å²) in [7, 11) is -3.76. The van der Waals surface area contributed by atoms with Gasteiger partial charge >= 0.3 is 0 Å². The molecule has 0 saturated carbocycles. The van der Waals surface area contributed by atoms with Crippen LogP contribution in [0, 0.1) is 0 Å². The number of phenolic OH excluding ortho intramolecular Hbond substituents is 2. The third-order valence-corrected chi connectivity index (χ3v) is 10.9. The quantitative estimate of drug-likeness (QED) is 0.151. The Bertz CT molecular complexity index is 1980. The number of aromatic hydroxyl groups is 2. The van der Waals surface area contributed by atoms with Crippen molar-refractivity contribution in [2.24, 2.45) is 0 Å². The van der Waals surface area contributed by atoms with E-state index in [0.29, 0.717) is 23.0 Å². The number of sulfone groups is 1. The Kier molecular flexibility index (Phi) is 8.97. The second-order valence-electron chi connectivity index (χ2n) is 13.0. The van der Waals surface area contributed by atoms with Gasteiger partial charge in [0.2, 0.25) is 9.84 Å². The van der Waals surface area contributed by atoms with Crippen LogP contribution in [0.2, 0.25) is 0 Å². The van der Waals surface area contributed by atoms with E-state index in [1.165, 1.54) is 0 Å². The molecule has 0 amide bonds. The number of rotatable bonds is 10. The van der Waals surface area contributed by atoms with Crippen LogP contribution in [0.3, 0.4) is 0 Å². The van der Waals surface area contributed by atoms with Gasteiger partial charge in [0.05, 0.1) is 9.79 Å². The van der Waals surface area contributed by atoms with E-state index < -0.39 is 9.84 Å². The second kappa shape index (κ2) is 13.2. The van der Waals surface area contributed by atoms with Crippen molar-refractivity contribution in [1.82, 2.24) is 0 Å². The molecule has 0 aromatic heterocycles. The van der Waals surface area contributed by atoms with Crippen molar-refractivity contribution in [3.8, 4) is 34.5 Å². The topological polar surface area (TPSA) is 93.1 Å². The van der Waals surface area contributed by atoms with Crippen LogP contribution in [0.1, 0.15) is 49.9 Å². The molecular weight excluding hydrogens is 633 g/mol. The third-order valence-electron chi connectivity index (χ3n) is 9.07. The van der Waals surface area contributed by atoms with E-state index in [2.05, 4.69) is 27.7 Å². The van der Waals surface area contributed by atoms with Crippen molar-refractivity contribution >= 4 is 9.84 Å². The maximum absolute atomic E-state index is 13.4. The molecule has 0 aliphatic rings. The molecule has 0 saturated heterocycles. The molecule has 6 aromatic carbocycles. The fraction of sp³-hybridized carbons (Fsp3) is 0.143. The maximum atomic E-state index is 13.4. The van der Waals surface area contributed by atoms with Gasteiger partial charge < -0.3 is 19.7 Å². The van der Waals surface area contributed by atoms with Gasteiger partial charge in [0.15, 0.2) is 0 Å². The van der Waals surface area contributed by atoms with Gasteiger partial charge in [0, 0.05) is 10.8 Å². The molecule has 0 spiro atoms. The Morgan fingerprint density at radius 3 is 0.878 bits per heavy atom. The largest absolute Gasteiger partial charge is 0.508 e. The van der Waals surface area contributed by atoms with Gasteiger partial charge in [0.1, 0.15) is 34.5 Å². The van der Waals surface area contributed by atoms with Crippen LogP contribution in [-0.4, -0.2) is 18.6 Å². The number of hydrogen-bond donors (Lipinski definition) is 2. The lowest BCUT2D eigenvalue weighted by Gasteiger charge is -2.26. The molecule has 49 heavy (non-hydrogen) atoms. The minimum absolute atomic E-state index is 0.159. The predicted octanol–water partition coefficient (Wildman–Crippen LogP) is 10.2. The molecule has 6 rings (SSSR count). The third kappa shape index (κ3) is 7.17. The number of phenols is 2. The van der Waals surface area contributed by atoms with Gasteiger partial charge in [-0.3, -0.25) is 0 Å². The highest BCUT2D eigenvalue weighted by Gasteiger charge is 2.24. The van der Waals surface area contributed by atoms with Crippen molar-refractivity contribution in [3.05, 3.63) is 168 Å². The van der Waals surface area contributed by atoms with Gasteiger partial charge in [-0.1, -0.05) is 76.2 Å². The summed E-state index contributed by atoms with van der Waals surface area (Å²) in [5.41, 5.74) is 3.79. The highest BCUT2D eigenvalue weighted by Crippen LogP contribution is 2.36. The van der Waals surface area contributed by atoms with Crippen LogP contribution < -0.4 is 9.47 Å². The fourth-order valence-electron chi connectivity index (χ4n) is 5.75. The molecule has 0 radical (unpaired) electrons. The van der Waals surface area contributed by atoms with E-state index in [4.69, 9.17) is 9.47 Å². The lowest BCUT2D eigenvalue weighted by molar-refractivity contribution is 0.473. The first-order chi connectivity index (χ1) is 23.3. The van der Waals surface area contributed by atoms with Gasteiger partial charge in [0.25, 0.3) is 0 Å². The van der Waals surface area contributed by atoms with Crippen LogP contribution in [0.4, 0.5) is 0 Å². The average Bonchev–Trinajstić information content (AvgIpc) is 3.10. The normalized spacial score (nSPS) is 12.0. The summed E-state index contributed by atoms with van der Waals surface area (Å²) in [6.45, 7) is 8.48. The number of ether oxygens (including phenoxy) is 2. The van der Waals surface area contributed by atoms with E-state index in [1.54, 1.807) is 72.8 Å². The van der Waals surface area contributed by atoms with Gasteiger partial charge in [-0.2, -0.15) is 0 Å². The highest BCUT2D eigenvalue weighted by atomic mass is 32.2. The first-order valence-corrected chi connectivity index (χ1v) is 17.4. The molecule has 0 fully saturated rings. The Labute approximate surface area is 287 Å². The molecular formula is C42H38O6S. The Hall–Kier alpha value is -5.53. The van der Waals surface area contributed by atoms with E-state index in [0.717, 1.165) is 22.3 Å². The maximum Gasteiger partial charge on any atom is 0.206 e. The Balaban J connectivity index is 1.08. The van der Waals surface area contributed by atoms with Gasteiger partial charge in [-0.25, -0.2) is 8.42 Å². The molecule has 0 unspecified atom stereocenters. The predicted molar refractivity (Wildman–Crippen MR) is 192 cm³/mol. The van der Waals surface area contributed by atoms with Crippen molar-refractivity contribution < 1.29 is 28.1 Å². The van der Waals surface area contributed by atoms with Gasteiger partial charge in [-0.15, -0.1) is 0 Å². The Morgan fingerprint density at radius 1 is 0.388 bits per heavy atom. The van der Waals surface area contributed by atoms with E-state index in [1.807, 2.05) is 72.8 Å².